The molecule has 5 nitrogen and oxygen atoms in total. The summed E-state index contributed by atoms with van der Waals surface area (Å²) in [6, 6.07) is 5.53. The summed E-state index contributed by atoms with van der Waals surface area (Å²) in [5, 5.41) is 13.0. The Morgan fingerprint density at radius 3 is 2.67 bits per heavy atom. The summed E-state index contributed by atoms with van der Waals surface area (Å²) < 4.78 is 5.74. The number of nitrogens with zero attached hydrogens (tertiary/aromatic N) is 2. The molecule has 110 valence electrons. The molecule has 1 saturated carbocycles. The van der Waals surface area contributed by atoms with Crippen molar-refractivity contribution in [3.8, 4) is 22.9 Å². The van der Waals surface area contributed by atoms with E-state index in [1.54, 1.807) is 12.1 Å². The van der Waals surface area contributed by atoms with Crippen LogP contribution in [-0.4, -0.2) is 29.2 Å². The van der Waals surface area contributed by atoms with Crippen LogP contribution in [0.1, 0.15) is 24.5 Å². The Hall–Kier alpha value is -1.82. The van der Waals surface area contributed by atoms with Gasteiger partial charge in [0, 0.05) is 30.3 Å². The van der Waals surface area contributed by atoms with Gasteiger partial charge in [0.05, 0.1) is 11.6 Å². The maximum absolute atomic E-state index is 9.90. The number of aromatic hydroxyl groups is 1. The highest BCUT2D eigenvalue weighted by Crippen LogP contribution is 2.41. The van der Waals surface area contributed by atoms with E-state index >= 15 is 0 Å². The molecule has 2 aromatic rings. The molecule has 1 heterocycles. The minimum absolute atomic E-state index is 0.0773. The van der Waals surface area contributed by atoms with Crippen molar-refractivity contribution < 1.29 is 9.84 Å². The minimum atomic E-state index is 0.0773. The summed E-state index contributed by atoms with van der Waals surface area (Å²) in [5.74, 6) is 2.44. The zero-order valence-electron chi connectivity index (χ0n) is 11.9. The number of ether oxygens (including phenoxy) is 1. The van der Waals surface area contributed by atoms with Gasteiger partial charge in [-0.3, -0.25) is 0 Å². The van der Waals surface area contributed by atoms with E-state index in [1.807, 2.05) is 13.1 Å². The van der Waals surface area contributed by atoms with Crippen molar-refractivity contribution in [1.29, 1.82) is 0 Å². The lowest BCUT2D eigenvalue weighted by molar-refractivity contribution is 0.372. The number of nitrogens with one attached hydrogen (secondary N) is 1. The lowest BCUT2D eigenvalue weighted by Gasteiger charge is -2.10. The second-order valence-corrected chi connectivity index (χ2v) is 5.89. The molecule has 1 aliphatic rings. The molecule has 1 aromatic carbocycles. The van der Waals surface area contributed by atoms with E-state index in [0.29, 0.717) is 22.0 Å². The number of hydrogen-bond donors (Lipinski definition) is 2. The first-order valence-electron chi connectivity index (χ1n) is 6.76. The Morgan fingerprint density at radius 2 is 2.05 bits per heavy atom. The molecule has 0 amide bonds. The molecule has 0 saturated heterocycles. The van der Waals surface area contributed by atoms with Crippen LogP contribution in [0, 0.1) is 0 Å². The lowest BCUT2D eigenvalue weighted by atomic mass is 10.1. The van der Waals surface area contributed by atoms with Crippen molar-refractivity contribution in [2.24, 2.45) is 0 Å². The third kappa shape index (κ3) is 2.81. The van der Waals surface area contributed by atoms with Gasteiger partial charge in [-0.25, -0.2) is 9.97 Å². The number of methoxy groups -OCH3 is 1. The van der Waals surface area contributed by atoms with E-state index in [0.717, 1.165) is 17.1 Å². The standard InChI is InChI=1S/C15H16BrN3O2/c1-17-13-7-11(8-3-4-8)18-15(19-13)9-5-10(16)14(20)12(6-9)21-2/h5-8,20H,3-4H2,1-2H3,(H,17,18,19). The van der Waals surface area contributed by atoms with Gasteiger partial charge in [-0.1, -0.05) is 0 Å². The molecule has 2 N–H and O–H groups in total. The van der Waals surface area contributed by atoms with Crippen LogP contribution >= 0.6 is 15.9 Å². The number of rotatable bonds is 4. The Balaban J connectivity index is 2.11. The molecular formula is C15H16BrN3O2. The summed E-state index contributed by atoms with van der Waals surface area (Å²) in [4.78, 5) is 9.15. The lowest BCUT2D eigenvalue weighted by Crippen LogP contribution is -2.00. The largest absolute Gasteiger partial charge is 0.503 e. The van der Waals surface area contributed by atoms with Crippen molar-refractivity contribution in [2.75, 3.05) is 19.5 Å². The van der Waals surface area contributed by atoms with Gasteiger partial charge in [-0.2, -0.15) is 0 Å². The monoisotopic (exact) mass is 349 g/mol. The van der Waals surface area contributed by atoms with Gasteiger partial charge < -0.3 is 15.2 Å². The zero-order valence-corrected chi connectivity index (χ0v) is 13.4. The minimum Gasteiger partial charge on any atom is -0.503 e. The number of hydrogen-bond acceptors (Lipinski definition) is 5. The first kappa shape index (κ1) is 14.1. The molecule has 0 spiro atoms. The molecule has 0 atom stereocenters. The molecule has 0 bridgehead atoms. The molecule has 6 heteroatoms. The van der Waals surface area contributed by atoms with Gasteiger partial charge in [0.25, 0.3) is 0 Å². The highest BCUT2D eigenvalue weighted by Gasteiger charge is 2.26. The predicted octanol–water partition coefficient (Wildman–Crippen LogP) is 3.54. The van der Waals surface area contributed by atoms with Crippen molar-refractivity contribution >= 4 is 21.7 Å². The summed E-state index contributed by atoms with van der Waals surface area (Å²) in [5.41, 5.74) is 1.86. The fourth-order valence-corrected chi connectivity index (χ4v) is 2.61. The number of halogens is 1. The molecule has 0 unspecified atom stereocenters. The quantitative estimate of drug-likeness (QED) is 0.883. The molecule has 21 heavy (non-hydrogen) atoms. The van der Waals surface area contributed by atoms with Crippen LogP contribution in [0.4, 0.5) is 5.82 Å². The van der Waals surface area contributed by atoms with Crippen LogP contribution in [-0.2, 0) is 0 Å². The van der Waals surface area contributed by atoms with Crippen LogP contribution in [0.25, 0.3) is 11.4 Å². The van der Waals surface area contributed by atoms with E-state index in [1.165, 1.54) is 20.0 Å². The molecule has 3 rings (SSSR count). The molecule has 0 aliphatic heterocycles. The van der Waals surface area contributed by atoms with Crippen molar-refractivity contribution in [2.45, 2.75) is 18.8 Å². The van der Waals surface area contributed by atoms with Gasteiger partial charge in [0.2, 0.25) is 0 Å². The molecule has 1 aliphatic carbocycles. The van der Waals surface area contributed by atoms with Crippen LogP contribution in [0.2, 0.25) is 0 Å². The molecular weight excluding hydrogens is 334 g/mol. The van der Waals surface area contributed by atoms with Crippen LogP contribution < -0.4 is 10.1 Å². The summed E-state index contributed by atoms with van der Waals surface area (Å²) >= 11 is 3.33. The maximum Gasteiger partial charge on any atom is 0.172 e. The van der Waals surface area contributed by atoms with E-state index in [9.17, 15) is 5.11 Å². The second kappa shape index (κ2) is 5.52. The normalized spacial score (nSPS) is 14.0. The van der Waals surface area contributed by atoms with E-state index in [4.69, 9.17) is 4.74 Å². The van der Waals surface area contributed by atoms with E-state index < -0.39 is 0 Å². The highest BCUT2D eigenvalue weighted by atomic mass is 79.9. The third-order valence-electron chi connectivity index (χ3n) is 3.50. The average molecular weight is 350 g/mol. The Morgan fingerprint density at radius 1 is 1.29 bits per heavy atom. The fourth-order valence-electron chi connectivity index (χ4n) is 2.17. The molecule has 1 fully saturated rings. The van der Waals surface area contributed by atoms with Gasteiger partial charge in [0.1, 0.15) is 5.82 Å². The molecule has 0 radical (unpaired) electrons. The Bertz CT molecular complexity index is 687. The Kier molecular flexibility index (Phi) is 3.71. The zero-order chi connectivity index (χ0) is 15.0. The van der Waals surface area contributed by atoms with Crippen LogP contribution in [0.5, 0.6) is 11.5 Å². The van der Waals surface area contributed by atoms with Gasteiger partial charge in [0.15, 0.2) is 17.3 Å². The smallest absolute Gasteiger partial charge is 0.172 e. The fraction of sp³-hybridized carbons (Fsp3) is 0.333. The molecule has 1 aromatic heterocycles. The topological polar surface area (TPSA) is 67.3 Å². The predicted molar refractivity (Wildman–Crippen MR) is 84.9 cm³/mol. The summed E-state index contributed by atoms with van der Waals surface area (Å²) in [7, 11) is 3.36. The number of benzene rings is 1. The summed E-state index contributed by atoms with van der Waals surface area (Å²) in [6.07, 6.45) is 2.37. The third-order valence-corrected chi connectivity index (χ3v) is 4.11. The van der Waals surface area contributed by atoms with Crippen molar-refractivity contribution in [1.82, 2.24) is 9.97 Å². The van der Waals surface area contributed by atoms with E-state index in [-0.39, 0.29) is 5.75 Å². The van der Waals surface area contributed by atoms with Crippen LogP contribution in [0.15, 0.2) is 22.7 Å². The van der Waals surface area contributed by atoms with Gasteiger partial charge in [-0.15, -0.1) is 0 Å². The van der Waals surface area contributed by atoms with Crippen molar-refractivity contribution in [3.05, 3.63) is 28.4 Å². The first-order valence-corrected chi connectivity index (χ1v) is 7.55. The van der Waals surface area contributed by atoms with Gasteiger partial charge >= 0.3 is 0 Å². The first-order chi connectivity index (χ1) is 10.1. The second-order valence-electron chi connectivity index (χ2n) is 5.03. The number of aromatic nitrogens is 2. The van der Waals surface area contributed by atoms with Crippen molar-refractivity contribution in [3.63, 3.8) is 0 Å². The number of anilines is 1. The maximum atomic E-state index is 9.90. The summed E-state index contributed by atoms with van der Waals surface area (Å²) in [6.45, 7) is 0. The van der Waals surface area contributed by atoms with Gasteiger partial charge in [-0.05, 0) is 40.9 Å². The Labute approximate surface area is 131 Å². The highest BCUT2D eigenvalue weighted by molar-refractivity contribution is 9.10. The number of phenols is 1. The van der Waals surface area contributed by atoms with E-state index in [2.05, 4.69) is 31.2 Å². The van der Waals surface area contributed by atoms with Crippen LogP contribution in [0.3, 0.4) is 0 Å². The average Bonchev–Trinajstić information content (AvgIpc) is 3.34. The number of phenolic OH excluding ortho intramolecular Hbond substituents is 1. The SMILES string of the molecule is CNc1cc(C2CC2)nc(-c2cc(Br)c(O)c(OC)c2)n1.